The van der Waals surface area contributed by atoms with E-state index in [1.54, 1.807) is 0 Å². The Kier molecular flexibility index (Phi) is 4.65. The number of benzene rings is 2. The summed E-state index contributed by atoms with van der Waals surface area (Å²) in [7, 11) is 0. The van der Waals surface area contributed by atoms with E-state index >= 15 is 0 Å². The van der Waals surface area contributed by atoms with Crippen LogP contribution in [-0.2, 0) is 21.4 Å². The zero-order chi connectivity index (χ0) is 17.0. The molecule has 0 radical (unpaired) electrons. The molecule has 4 heteroatoms. The van der Waals surface area contributed by atoms with Gasteiger partial charge in [0, 0.05) is 24.6 Å². The molecule has 1 saturated carbocycles. The first kappa shape index (κ1) is 16.2. The Hall–Kier alpha value is -2.62. The van der Waals surface area contributed by atoms with Gasteiger partial charge in [-0.1, -0.05) is 42.5 Å². The monoisotopic (exact) mass is 322 g/mol. The highest BCUT2D eigenvalue weighted by Gasteiger charge is 2.44. The maximum absolute atomic E-state index is 12.2. The van der Waals surface area contributed by atoms with Crippen molar-refractivity contribution in [1.29, 1.82) is 0 Å². The van der Waals surface area contributed by atoms with Gasteiger partial charge in [-0.2, -0.15) is 0 Å². The Labute approximate surface area is 142 Å². The highest BCUT2D eigenvalue weighted by Crippen LogP contribution is 2.47. The van der Waals surface area contributed by atoms with E-state index in [0.29, 0.717) is 13.0 Å². The number of hydrogen-bond donors (Lipinski definition) is 2. The predicted octanol–water partition coefficient (Wildman–Crippen LogP) is 3.04. The highest BCUT2D eigenvalue weighted by molar-refractivity contribution is 5.88. The zero-order valence-electron chi connectivity index (χ0n) is 13.8. The maximum atomic E-state index is 12.2. The van der Waals surface area contributed by atoms with Gasteiger partial charge in [0.05, 0.1) is 6.42 Å². The van der Waals surface area contributed by atoms with E-state index in [-0.39, 0.29) is 17.2 Å². The molecule has 2 amide bonds. The summed E-state index contributed by atoms with van der Waals surface area (Å²) in [5, 5.41) is 5.79. The number of amides is 2. The fraction of sp³-hybridized carbons (Fsp3) is 0.300. The predicted molar refractivity (Wildman–Crippen MR) is 94.8 cm³/mol. The van der Waals surface area contributed by atoms with Gasteiger partial charge in [0.1, 0.15) is 0 Å². The van der Waals surface area contributed by atoms with Crippen molar-refractivity contribution in [3.05, 3.63) is 65.7 Å². The molecule has 1 fully saturated rings. The molecule has 0 saturated heterocycles. The largest absolute Gasteiger partial charge is 0.355 e. The van der Waals surface area contributed by atoms with Crippen molar-refractivity contribution in [3.63, 3.8) is 0 Å². The van der Waals surface area contributed by atoms with Crippen LogP contribution in [0.1, 0.15) is 30.9 Å². The van der Waals surface area contributed by atoms with Crippen LogP contribution in [0.4, 0.5) is 5.69 Å². The first-order chi connectivity index (χ1) is 11.6. The van der Waals surface area contributed by atoms with E-state index in [1.807, 2.05) is 42.5 Å². The van der Waals surface area contributed by atoms with Crippen LogP contribution in [0.2, 0.25) is 0 Å². The normalized spacial score (nSPS) is 14.7. The third kappa shape index (κ3) is 4.02. The molecule has 0 aromatic heterocycles. The van der Waals surface area contributed by atoms with Gasteiger partial charge in [-0.3, -0.25) is 9.59 Å². The second-order valence-corrected chi connectivity index (χ2v) is 6.48. The summed E-state index contributed by atoms with van der Waals surface area (Å²) in [5.74, 6) is -0.0689. The minimum atomic E-state index is -0.101. The number of hydrogen-bond acceptors (Lipinski definition) is 2. The Morgan fingerprint density at radius 3 is 2.25 bits per heavy atom. The van der Waals surface area contributed by atoms with E-state index in [2.05, 4.69) is 22.8 Å². The molecule has 0 aliphatic heterocycles. The second kappa shape index (κ2) is 6.87. The fourth-order valence-corrected chi connectivity index (χ4v) is 2.93. The van der Waals surface area contributed by atoms with Gasteiger partial charge in [-0.25, -0.2) is 0 Å². The summed E-state index contributed by atoms with van der Waals surface area (Å²) in [6.45, 7) is 2.17. The molecule has 24 heavy (non-hydrogen) atoms. The van der Waals surface area contributed by atoms with Gasteiger partial charge in [-0.15, -0.1) is 0 Å². The van der Waals surface area contributed by atoms with E-state index < -0.39 is 0 Å². The molecule has 0 unspecified atom stereocenters. The molecule has 1 aliphatic carbocycles. The quantitative estimate of drug-likeness (QED) is 0.859. The lowest BCUT2D eigenvalue weighted by atomic mass is 9.96. The smallest absolute Gasteiger partial charge is 0.224 e. The van der Waals surface area contributed by atoms with Gasteiger partial charge in [0.25, 0.3) is 0 Å². The van der Waals surface area contributed by atoms with Gasteiger partial charge in [0.2, 0.25) is 11.8 Å². The van der Waals surface area contributed by atoms with Crippen molar-refractivity contribution in [2.24, 2.45) is 0 Å². The number of nitrogens with one attached hydrogen (secondary N) is 2. The summed E-state index contributed by atoms with van der Waals surface area (Å²) in [5.41, 5.74) is 3.12. The Bertz CT molecular complexity index is 719. The molecule has 2 aromatic carbocycles. The van der Waals surface area contributed by atoms with Crippen LogP contribution >= 0.6 is 0 Å². The van der Waals surface area contributed by atoms with Gasteiger partial charge in [-0.05, 0) is 36.1 Å². The average Bonchev–Trinajstić information content (AvgIpc) is 3.37. The average molecular weight is 322 g/mol. The first-order valence-electron chi connectivity index (χ1n) is 8.26. The van der Waals surface area contributed by atoms with Crippen molar-refractivity contribution in [3.8, 4) is 0 Å². The summed E-state index contributed by atoms with van der Waals surface area (Å²) in [6, 6.07) is 17.8. The molecule has 0 atom stereocenters. The van der Waals surface area contributed by atoms with Crippen LogP contribution in [0.3, 0.4) is 0 Å². The molecule has 1 aliphatic rings. The molecule has 124 valence electrons. The van der Waals surface area contributed by atoms with Crippen LogP contribution < -0.4 is 10.6 Å². The molecule has 0 spiro atoms. The lowest BCUT2D eigenvalue weighted by Crippen LogP contribution is -2.33. The first-order valence-corrected chi connectivity index (χ1v) is 8.26. The van der Waals surface area contributed by atoms with Crippen molar-refractivity contribution in [2.45, 2.75) is 31.6 Å². The second-order valence-electron chi connectivity index (χ2n) is 6.48. The van der Waals surface area contributed by atoms with Gasteiger partial charge in [0.15, 0.2) is 0 Å². The molecule has 0 bridgehead atoms. The summed E-state index contributed by atoms with van der Waals surface area (Å²) in [6.07, 6.45) is 2.61. The summed E-state index contributed by atoms with van der Waals surface area (Å²) < 4.78 is 0. The van der Waals surface area contributed by atoms with Crippen LogP contribution in [0, 0.1) is 0 Å². The van der Waals surface area contributed by atoms with Crippen molar-refractivity contribution < 1.29 is 9.59 Å². The van der Waals surface area contributed by atoms with E-state index in [1.165, 1.54) is 12.5 Å². The minimum Gasteiger partial charge on any atom is -0.355 e. The van der Waals surface area contributed by atoms with Crippen LogP contribution in [0.15, 0.2) is 54.6 Å². The summed E-state index contributed by atoms with van der Waals surface area (Å²) in [4.78, 5) is 23.2. The number of rotatable bonds is 6. The molecule has 2 aromatic rings. The number of anilines is 1. The van der Waals surface area contributed by atoms with Crippen molar-refractivity contribution in [2.75, 3.05) is 11.9 Å². The molecular formula is C20H22N2O2. The molecule has 4 nitrogen and oxygen atoms in total. The van der Waals surface area contributed by atoms with E-state index in [9.17, 15) is 9.59 Å². The Morgan fingerprint density at radius 1 is 1.00 bits per heavy atom. The molecular weight excluding hydrogens is 300 g/mol. The minimum absolute atomic E-state index is 0.0319. The van der Waals surface area contributed by atoms with Crippen LogP contribution in [0.5, 0.6) is 0 Å². The molecule has 2 N–H and O–H groups in total. The Morgan fingerprint density at radius 2 is 1.67 bits per heavy atom. The lowest BCUT2D eigenvalue weighted by Gasteiger charge is -2.16. The zero-order valence-corrected chi connectivity index (χ0v) is 13.8. The number of carbonyl (C=O) groups excluding carboxylic acids is 2. The van der Waals surface area contributed by atoms with Crippen LogP contribution in [0.25, 0.3) is 0 Å². The van der Waals surface area contributed by atoms with E-state index in [4.69, 9.17) is 0 Å². The van der Waals surface area contributed by atoms with Gasteiger partial charge >= 0.3 is 0 Å². The number of carbonyl (C=O) groups is 2. The SMILES string of the molecule is CC(=O)Nc1ccc(CC(=O)NCC2(c3ccccc3)CC2)cc1. The fourth-order valence-electron chi connectivity index (χ4n) is 2.93. The van der Waals surface area contributed by atoms with Crippen LogP contribution in [-0.4, -0.2) is 18.4 Å². The van der Waals surface area contributed by atoms with Crippen molar-refractivity contribution >= 4 is 17.5 Å². The third-order valence-electron chi connectivity index (χ3n) is 4.50. The van der Waals surface area contributed by atoms with Crippen molar-refractivity contribution in [1.82, 2.24) is 5.32 Å². The standard InChI is InChI=1S/C20H22N2O2/c1-15(23)22-18-9-7-16(8-10-18)13-19(24)21-14-20(11-12-20)17-5-3-2-4-6-17/h2-10H,11-14H2,1H3,(H,21,24)(H,22,23). The topological polar surface area (TPSA) is 58.2 Å². The Balaban J connectivity index is 1.52. The highest BCUT2D eigenvalue weighted by atomic mass is 16.2. The molecule has 3 rings (SSSR count). The third-order valence-corrected chi connectivity index (χ3v) is 4.50. The van der Waals surface area contributed by atoms with Gasteiger partial charge < -0.3 is 10.6 Å². The maximum Gasteiger partial charge on any atom is 0.224 e. The van der Waals surface area contributed by atoms with E-state index in [0.717, 1.165) is 24.1 Å². The molecule has 0 heterocycles. The summed E-state index contributed by atoms with van der Waals surface area (Å²) >= 11 is 0. The lowest BCUT2D eigenvalue weighted by molar-refractivity contribution is -0.120.